The maximum absolute atomic E-state index is 11.3. The summed E-state index contributed by atoms with van der Waals surface area (Å²) >= 11 is 1.95. The number of nitrogens with zero attached hydrogens (tertiary/aromatic N) is 1. The maximum Gasteiger partial charge on any atom is 0.147 e. The Morgan fingerprint density at radius 2 is 2.31 bits per heavy atom. The lowest BCUT2D eigenvalue weighted by Crippen LogP contribution is -2.53. The van der Waals surface area contributed by atoms with Gasteiger partial charge in [0.2, 0.25) is 0 Å². The fourth-order valence-electron chi connectivity index (χ4n) is 2.18. The van der Waals surface area contributed by atoms with E-state index in [4.69, 9.17) is 0 Å². The van der Waals surface area contributed by atoms with Gasteiger partial charge >= 0.3 is 0 Å². The van der Waals surface area contributed by atoms with E-state index >= 15 is 0 Å². The van der Waals surface area contributed by atoms with Crippen LogP contribution in [0.1, 0.15) is 6.92 Å². The number of thioether (sulfide) groups is 1. The highest BCUT2D eigenvalue weighted by Crippen LogP contribution is 2.30. The van der Waals surface area contributed by atoms with Crippen molar-refractivity contribution in [3.05, 3.63) is 0 Å². The molecule has 0 aliphatic carbocycles. The minimum absolute atomic E-state index is 0.145. The monoisotopic (exact) mass is 200 g/mol. The molecule has 1 N–H and O–H groups in total. The molecule has 0 aromatic rings. The second kappa shape index (κ2) is 3.59. The molecule has 13 heavy (non-hydrogen) atoms. The van der Waals surface area contributed by atoms with Crippen LogP contribution in [0, 0.1) is 0 Å². The highest BCUT2D eigenvalue weighted by atomic mass is 32.2. The smallest absolute Gasteiger partial charge is 0.147 e. The van der Waals surface area contributed by atoms with Gasteiger partial charge in [0, 0.05) is 30.1 Å². The van der Waals surface area contributed by atoms with E-state index in [-0.39, 0.29) is 6.04 Å². The zero-order valence-electron chi connectivity index (χ0n) is 8.12. The lowest BCUT2D eigenvalue weighted by molar-refractivity contribution is -0.121. The molecule has 3 atom stereocenters. The third-order valence-electron chi connectivity index (χ3n) is 3.08. The van der Waals surface area contributed by atoms with Crippen LogP contribution >= 0.6 is 11.8 Å². The van der Waals surface area contributed by atoms with Gasteiger partial charge in [-0.05, 0) is 14.0 Å². The first-order chi connectivity index (χ1) is 6.20. The fraction of sp³-hybridized carbons (Fsp3) is 0.889. The van der Waals surface area contributed by atoms with Gasteiger partial charge in [0.25, 0.3) is 0 Å². The number of likely N-dealkylation sites (N-methyl/N-ethyl adjacent to an activating group) is 1. The zero-order valence-corrected chi connectivity index (χ0v) is 8.93. The SMILES string of the molecule is CC(=O)C1CSC2CNCC2N1C. The molecule has 2 heterocycles. The molecule has 0 bridgehead atoms. The molecule has 2 aliphatic rings. The Labute approximate surface area is 83.2 Å². The highest BCUT2D eigenvalue weighted by Gasteiger charge is 2.39. The standard InChI is InChI=1S/C9H16N2OS/c1-6(12)8-5-13-9-4-10-3-7(9)11(8)2/h7-10H,3-5H2,1-2H3. The van der Waals surface area contributed by atoms with Crippen molar-refractivity contribution in [3.8, 4) is 0 Å². The number of carbonyl (C=O) groups is 1. The predicted molar refractivity (Wildman–Crippen MR) is 55.1 cm³/mol. The van der Waals surface area contributed by atoms with Gasteiger partial charge in [0.15, 0.2) is 0 Å². The first-order valence-electron chi connectivity index (χ1n) is 4.75. The second-order valence-electron chi connectivity index (χ2n) is 3.89. The van der Waals surface area contributed by atoms with E-state index < -0.39 is 0 Å². The zero-order chi connectivity index (χ0) is 9.42. The van der Waals surface area contributed by atoms with Gasteiger partial charge in [-0.3, -0.25) is 9.69 Å². The molecular formula is C9H16N2OS. The Morgan fingerprint density at radius 3 is 3.00 bits per heavy atom. The summed E-state index contributed by atoms with van der Waals surface area (Å²) in [6.45, 7) is 3.84. The third-order valence-corrected chi connectivity index (χ3v) is 4.50. The van der Waals surface area contributed by atoms with Crippen molar-refractivity contribution in [2.24, 2.45) is 0 Å². The lowest BCUT2D eigenvalue weighted by Gasteiger charge is -2.39. The number of Topliss-reactive ketones (excluding diaryl/α,β-unsaturated/α-hetero) is 1. The molecular weight excluding hydrogens is 184 g/mol. The number of rotatable bonds is 1. The molecule has 2 fully saturated rings. The largest absolute Gasteiger partial charge is 0.314 e. The van der Waals surface area contributed by atoms with E-state index in [0.29, 0.717) is 17.1 Å². The molecule has 2 rings (SSSR count). The molecule has 2 aliphatic heterocycles. The van der Waals surface area contributed by atoms with Crippen molar-refractivity contribution in [3.63, 3.8) is 0 Å². The fourth-order valence-corrected chi connectivity index (χ4v) is 3.83. The van der Waals surface area contributed by atoms with Crippen LogP contribution in [0.25, 0.3) is 0 Å². The molecule has 4 heteroatoms. The molecule has 3 nitrogen and oxygen atoms in total. The Morgan fingerprint density at radius 1 is 1.54 bits per heavy atom. The lowest BCUT2D eigenvalue weighted by atomic mass is 10.1. The number of carbonyl (C=O) groups excluding carboxylic acids is 1. The minimum Gasteiger partial charge on any atom is -0.314 e. The first kappa shape index (κ1) is 9.49. The van der Waals surface area contributed by atoms with Crippen LogP contribution < -0.4 is 5.32 Å². The van der Waals surface area contributed by atoms with Crippen molar-refractivity contribution in [1.82, 2.24) is 10.2 Å². The summed E-state index contributed by atoms with van der Waals surface area (Å²) in [7, 11) is 2.08. The van der Waals surface area contributed by atoms with E-state index in [1.165, 1.54) is 0 Å². The van der Waals surface area contributed by atoms with E-state index in [1.54, 1.807) is 6.92 Å². The number of fused-ring (bicyclic) bond motifs is 1. The van der Waals surface area contributed by atoms with E-state index in [0.717, 1.165) is 18.8 Å². The summed E-state index contributed by atoms with van der Waals surface area (Å²) < 4.78 is 0. The summed E-state index contributed by atoms with van der Waals surface area (Å²) in [5.74, 6) is 1.27. The van der Waals surface area contributed by atoms with Gasteiger partial charge < -0.3 is 5.32 Å². The average Bonchev–Trinajstić information content (AvgIpc) is 2.52. The number of hydrogen-bond acceptors (Lipinski definition) is 4. The summed E-state index contributed by atoms with van der Waals surface area (Å²) in [6.07, 6.45) is 0. The summed E-state index contributed by atoms with van der Waals surface area (Å²) in [5, 5.41) is 4.08. The van der Waals surface area contributed by atoms with Crippen LogP contribution in [0.5, 0.6) is 0 Å². The van der Waals surface area contributed by atoms with Gasteiger partial charge in [0.05, 0.1) is 6.04 Å². The number of ketones is 1. The molecule has 74 valence electrons. The van der Waals surface area contributed by atoms with Gasteiger partial charge in [-0.2, -0.15) is 11.8 Å². The molecule has 0 spiro atoms. The van der Waals surface area contributed by atoms with Crippen LogP contribution in [0.3, 0.4) is 0 Å². The van der Waals surface area contributed by atoms with Crippen molar-refractivity contribution >= 4 is 17.5 Å². The summed E-state index contributed by atoms with van der Waals surface area (Å²) in [4.78, 5) is 13.6. The highest BCUT2D eigenvalue weighted by molar-refractivity contribution is 8.00. The minimum atomic E-state index is 0.145. The molecule has 0 radical (unpaired) electrons. The van der Waals surface area contributed by atoms with Gasteiger partial charge in [-0.1, -0.05) is 0 Å². The van der Waals surface area contributed by atoms with E-state index in [1.807, 2.05) is 11.8 Å². The normalized spacial score (nSPS) is 40.3. The van der Waals surface area contributed by atoms with Gasteiger partial charge in [0.1, 0.15) is 5.78 Å². The second-order valence-corrected chi connectivity index (χ2v) is 5.16. The number of nitrogens with one attached hydrogen (secondary N) is 1. The summed E-state index contributed by atoms with van der Waals surface area (Å²) in [5.41, 5.74) is 0. The predicted octanol–water partition coefficient (Wildman–Crippen LogP) is -0.0370. The van der Waals surface area contributed by atoms with Gasteiger partial charge in [-0.15, -0.1) is 0 Å². The Kier molecular flexibility index (Phi) is 2.62. The van der Waals surface area contributed by atoms with E-state index in [2.05, 4.69) is 17.3 Å². The number of hydrogen-bond donors (Lipinski definition) is 1. The molecule has 0 amide bonds. The molecule has 0 saturated carbocycles. The Balaban J connectivity index is 2.08. The van der Waals surface area contributed by atoms with Crippen molar-refractivity contribution in [1.29, 1.82) is 0 Å². The maximum atomic E-state index is 11.3. The summed E-state index contributed by atoms with van der Waals surface area (Å²) in [6, 6.07) is 0.707. The Hall–Kier alpha value is -0.0600. The van der Waals surface area contributed by atoms with Crippen LogP contribution in [0.15, 0.2) is 0 Å². The van der Waals surface area contributed by atoms with Crippen LogP contribution in [-0.2, 0) is 4.79 Å². The molecule has 3 unspecified atom stereocenters. The van der Waals surface area contributed by atoms with Crippen LogP contribution in [0.4, 0.5) is 0 Å². The van der Waals surface area contributed by atoms with Crippen LogP contribution in [0.2, 0.25) is 0 Å². The molecule has 2 saturated heterocycles. The average molecular weight is 200 g/mol. The first-order valence-corrected chi connectivity index (χ1v) is 5.79. The van der Waals surface area contributed by atoms with Crippen molar-refractivity contribution in [2.75, 3.05) is 25.9 Å². The molecule has 0 aromatic carbocycles. The van der Waals surface area contributed by atoms with Crippen LogP contribution in [-0.4, -0.2) is 53.9 Å². The molecule has 0 aromatic heterocycles. The van der Waals surface area contributed by atoms with E-state index in [9.17, 15) is 4.79 Å². The third kappa shape index (κ3) is 1.63. The Bertz CT molecular complexity index is 222. The van der Waals surface area contributed by atoms with Crippen molar-refractivity contribution < 1.29 is 4.79 Å². The van der Waals surface area contributed by atoms with Crippen molar-refractivity contribution in [2.45, 2.75) is 24.3 Å². The van der Waals surface area contributed by atoms with Gasteiger partial charge in [-0.25, -0.2) is 0 Å². The topological polar surface area (TPSA) is 32.3 Å². The quantitative estimate of drug-likeness (QED) is 0.644.